The summed E-state index contributed by atoms with van der Waals surface area (Å²) in [7, 11) is 0. The van der Waals surface area contributed by atoms with Gasteiger partial charge in [0.05, 0.1) is 0 Å². The lowest BCUT2D eigenvalue weighted by Crippen LogP contribution is -2.34. The molecule has 0 saturated heterocycles. The van der Waals surface area contributed by atoms with Crippen molar-refractivity contribution in [2.24, 2.45) is 5.92 Å². The molecule has 1 atom stereocenters. The fraction of sp³-hybridized carbons (Fsp3) is 0.333. The Labute approximate surface area is 98.5 Å². The van der Waals surface area contributed by atoms with E-state index in [0.29, 0.717) is 13.0 Å². The molecule has 0 aliphatic carbocycles. The van der Waals surface area contributed by atoms with Gasteiger partial charge in [-0.15, -0.1) is 0 Å². The summed E-state index contributed by atoms with van der Waals surface area (Å²) >= 11 is 0. The van der Waals surface area contributed by atoms with Crippen molar-refractivity contribution in [2.45, 2.75) is 13.3 Å². The summed E-state index contributed by atoms with van der Waals surface area (Å²) in [5.41, 5.74) is 0.758. The Bertz CT molecular complexity index is 420. The summed E-state index contributed by atoms with van der Waals surface area (Å²) < 4.78 is 12.8. The Hall–Kier alpha value is -1.91. The highest BCUT2D eigenvalue weighted by Gasteiger charge is 2.19. The van der Waals surface area contributed by atoms with Gasteiger partial charge in [0.25, 0.3) is 0 Å². The van der Waals surface area contributed by atoms with Gasteiger partial charge in [-0.2, -0.15) is 0 Å². The summed E-state index contributed by atoms with van der Waals surface area (Å²) in [6.45, 7) is 1.61. The Morgan fingerprint density at radius 2 is 2.18 bits per heavy atom. The molecular weight excluding hydrogens is 225 g/mol. The van der Waals surface area contributed by atoms with Gasteiger partial charge in [-0.05, 0) is 31.0 Å². The SMILES string of the molecule is CC(C(=O)O)C(=O)NCCc1cccc(F)c1. The van der Waals surface area contributed by atoms with Gasteiger partial charge < -0.3 is 10.4 Å². The van der Waals surface area contributed by atoms with Gasteiger partial charge in [0.1, 0.15) is 11.7 Å². The highest BCUT2D eigenvalue weighted by Crippen LogP contribution is 2.03. The van der Waals surface area contributed by atoms with Crippen molar-refractivity contribution in [1.82, 2.24) is 5.32 Å². The van der Waals surface area contributed by atoms with Crippen LogP contribution in [0, 0.1) is 11.7 Å². The van der Waals surface area contributed by atoms with Crippen LogP contribution in [0.4, 0.5) is 4.39 Å². The number of halogens is 1. The first-order valence-electron chi connectivity index (χ1n) is 5.25. The van der Waals surface area contributed by atoms with Crippen LogP contribution in [0.1, 0.15) is 12.5 Å². The van der Waals surface area contributed by atoms with Crippen LogP contribution in [0.3, 0.4) is 0 Å². The maximum absolute atomic E-state index is 12.8. The quantitative estimate of drug-likeness (QED) is 0.759. The second-order valence-corrected chi connectivity index (χ2v) is 3.73. The molecule has 5 heteroatoms. The molecule has 0 radical (unpaired) electrons. The van der Waals surface area contributed by atoms with Gasteiger partial charge in [0.2, 0.25) is 5.91 Å². The lowest BCUT2D eigenvalue weighted by Gasteiger charge is -2.08. The van der Waals surface area contributed by atoms with Crippen molar-refractivity contribution in [2.75, 3.05) is 6.54 Å². The van der Waals surface area contributed by atoms with Crippen molar-refractivity contribution in [3.63, 3.8) is 0 Å². The average Bonchev–Trinajstić information content (AvgIpc) is 2.27. The first-order valence-corrected chi connectivity index (χ1v) is 5.25. The number of rotatable bonds is 5. The minimum absolute atomic E-state index is 0.292. The molecule has 1 amide bonds. The Morgan fingerprint density at radius 3 is 2.76 bits per heavy atom. The number of carbonyl (C=O) groups excluding carboxylic acids is 1. The third-order valence-electron chi connectivity index (χ3n) is 2.37. The molecule has 2 N–H and O–H groups in total. The first kappa shape index (κ1) is 13.2. The van der Waals surface area contributed by atoms with Crippen LogP contribution in [0.5, 0.6) is 0 Å². The second-order valence-electron chi connectivity index (χ2n) is 3.73. The van der Waals surface area contributed by atoms with Gasteiger partial charge in [0, 0.05) is 6.54 Å². The van der Waals surface area contributed by atoms with Crippen molar-refractivity contribution < 1.29 is 19.1 Å². The zero-order valence-electron chi connectivity index (χ0n) is 9.44. The molecule has 0 aliphatic heterocycles. The number of carbonyl (C=O) groups is 2. The molecule has 0 aliphatic rings. The molecule has 1 unspecified atom stereocenters. The molecule has 92 valence electrons. The first-order chi connectivity index (χ1) is 8.00. The molecule has 4 nitrogen and oxygen atoms in total. The van der Waals surface area contributed by atoms with E-state index in [0.717, 1.165) is 5.56 Å². The number of nitrogens with one attached hydrogen (secondary N) is 1. The van der Waals surface area contributed by atoms with E-state index in [-0.39, 0.29) is 5.82 Å². The molecule has 0 bridgehead atoms. The summed E-state index contributed by atoms with van der Waals surface area (Å²) in [5.74, 6) is -3.09. The average molecular weight is 239 g/mol. The molecule has 0 saturated carbocycles. The summed E-state index contributed by atoms with van der Waals surface area (Å²) in [5, 5.41) is 11.1. The van der Waals surface area contributed by atoms with E-state index in [4.69, 9.17) is 5.11 Å². The van der Waals surface area contributed by atoms with Crippen LogP contribution in [-0.2, 0) is 16.0 Å². The van der Waals surface area contributed by atoms with Crippen molar-refractivity contribution in [3.8, 4) is 0 Å². The summed E-state index contributed by atoms with van der Waals surface area (Å²) in [6, 6.07) is 6.06. The smallest absolute Gasteiger partial charge is 0.315 e. The van der Waals surface area contributed by atoms with Gasteiger partial charge in [-0.1, -0.05) is 12.1 Å². The Kier molecular flexibility index (Phi) is 4.63. The van der Waals surface area contributed by atoms with Crippen molar-refractivity contribution >= 4 is 11.9 Å². The molecule has 1 aromatic carbocycles. The number of hydrogen-bond acceptors (Lipinski definition) is 2. The van der Waals surface area contributed by atoms with E-state index in [9.17, 15) is 14.0 Å². The van der Waals surface area contributed by atoms with Crippen LogP contribution in [0.2, 0.25) is 0 Å². The molecule has 0 fully saturated rings. The van der Waals surface area contributed by atoms with Crippen molar-refractivity contribution in [1.29, 1.82) is 0 Å². The minimum Gasteiger partial charge on any atom is -0.481 e. The Balaban J connectivity index is 2.38. The van der Waals surface area contributed by atoms with Crippen LogP contribution < -0.4 is 5.32 Å². The number of benzene rings is 1. The number of aliphatic carboxylic acids is 1. The normalized spacial score (nSPS) is 11.9. The molecular formula is C12H14FNO3. The highest BCUT2D eigenvalue weighted by molar-refractivity contribution is 5.96. The monoisotopic (exact) mass is 239 g/mol. The number of hydrogen-bond donors (Lipinski definition) is 2. The zero-order chi connectivity index (χ0) is 12.8. The van der Waals surface area contributed by atoms with Gasteiger partial charge in [-0.3, -0.25) is 9.59 Å². The van der Waals surface area contributed by atoms with Crippen LogP contribution in [0.25, 0.3) is 0 Å². The predicted octanol–water partition coefficient (Wildman–Crippen LogP) is 1.21. The van der Waals surface area contributed by atoms with Crippen molar-refractivity contribution in [3.05, 3.63) is 35.6 Å². The molecule has 0 aromatic heterocycles. The van der Waals surface area contributed by atoms with E-state index < -0.39 is 17.8 Å². The lowest BCUT2D eigenvalue weighted by molar-refractivity contribution is -0.146. The van der Waals surface area contributed by atoms with Crippen LogP contribution in [-0.4, -0.2) is 23.5 Å². The molecule has 0 spiro atoms. The number of carboxylic acids is 1. The van der Waals surface area contributed by atoms with Crippen LogP contribution in [0.15, 0.2) is 24.3 Å². The zero-order valence-corrected chi connectivity index (χ0v) is 9.44. The molecule has 1 aromatic rings. The third kappa shape index (κ3) is 4.22. The lowest BCUT2D eigenvalue weighted by atomic mass is 10.1. The maximum Gasteiger partial charge on any atom is 0.315 e. The van der Waals surface area contributed by atoms with Gasteiger partial charge in [0.15, 0.2) is 0 Å². The topological polar surface area (TPSA) is 66.4 Å². The Morgan fingerprint density at radius 1 is 1.47 bits per heavy atom. The summed E-state index contributed by atoms with van der Waals surface area (Å²) in [4.78, 5) is 21.8. The fourth-order valence-electron chi connectivity index (χ4n) is 1.29. The highest BCUT2D eigenvalue weighted by atomic mass is 19.1. The standard InChI is InChI=1S/C12H14FNO3/c1-8(12(16)17)11(15)14-6-5-9-3-2-4-10(13)7-9/h2-4,7-8H,5-6H2,1H3,(H,14,15)(H,16,17). The van der Waals surface area contributed by atoms with Gasteiger partial charge in [-0.25, -0.2) is 4.39 Å². The molecule has 1 rings (SSSR count). The predicted molar refractivity (Wildman–Crippen MR) is 59.9 cm³/mol. The number of amides is 1. The molecule has 0 heterocycles. The fourth-order valence-corrected chi connectivity index (χ4v) is 1.29. The maximum atomic E-state index is 12.8. The van der Waals surface area contributed by atoms with E-state index in [1.54, 1.807) is 12.1 Å². The van der Waals surface area contributed by atoms with E-state index in [2.05, 4.69) is 5.32 Å². The van der Waals surface area contributed by atoms with E-state index >= 15 is 0 Å². The number of carboxylic acid groups (broad SMARTS) is 1. The largest absolute Gasteiger partial charge is 0.481 e. The second kappa shape index (κ2) is 5.98. The minimum atomic E-state index is -1.16. The molecule has 17 heavy (non-hydrogen) atoms. The van der Waals surface area contributed by atoms with Crippen LogP contribution >= 0.6 is 0 Å². The third-order valence-corrected chi connectivity index (χ3v) is 2.37. The van der Waals surface area contributed by atoms with E-state index in [1.165, 1.54) is 19.1 Å². The summed E-state index contributed by atoms with van der Waals surface area (Å²) in [6.07, 6.45) is 0.468. The van der Waals surface area contributed by atoms with Gasteiger partial charge >= 0.3 is 5.97 Å². The van der Waals surface area contributed by atoms with E-state index in [1.807, 2.05) is 0 Å².